The minimum absolute atomic E-state index is 0.359. The van der Waals surface area contributed by atoms with Crippen molar-refractivity contribution in [1.82, 2.24) is 0 Å². The number of methoxy groups -OCH3 is 1. The first-order valence-corrected chi connectivity index (χ1v) is 9.43. The van der Waals surface area contributed by atoms with Crippen LogP contribution in [0.15, 0.2) is 66.7 Å². The Morgan fingerprint density at radius 1 is 0.700 bits per heavy atom. The molecule has 0 amide bonds. The Morgan fingerprint density at radius 2 is 1.17 bits per heavy atom. The van der Waals surface area contributed by atoms with E-state index in [1.54, 1.807) is 24.3 Å². The third-order valence-corrected chi connectivity index (χ3v) is 4.44. The Balaban J connectivity index is 1.44. The molecule has 0 fully saturated rings. The van der Waals surface area contributed by atoms with E-state index in [9.17, 15) is 4.79 Å². The summed E-state index contributed by atoms with van der Waals surface area (Å²) >= 11 is 0. The summed E-state index contributed by atoms with van der Waals surface area (Å²) in [5.74, 6) is 13.6. The molecule has 4 nitrogen and oxygen atoms in total. The number of hydrogen-bond acceptors (Lipinski definition) is 4. The lowest BCUT2D eigenvalue weighted by atomic mass is 10.1. The third kappa shape index (κ3) is 4.63. The van der Waals surface area contributed by atoms with Gasteiger partial charge >= 0.3 is 5.97 Å². The summed E-state index contributed by atoms with van der Waals surface area (Å²) < 4.78 is 15.8. The molecule has 0 saturated carbocycles. The van der Waals surface area contributed by atoms with Gasteiger partial charge in [-0.15, -0.1) is 0 Å². The molecule has 0 N–H and O–H groups in total. The highest BCUT2D eigenvalue weighted by atomic mass is 16.6. The Bertz CT molecular complexity index is 1180. The Morgan fingerprint density at radius 3 is 1.73 bits per heavy atom. The minimum atomic E-state index is -0.359. The van der Waals surface area contributed by atoms with E-state index in [0.717, 1.165) is 33.8 Å². The minimum Gasteiger partial charge on any atom is -0.486 e. The zero-order valence-electron chi connectivity index (χ0n) is 16.4. The van der Waals surface area contributed by atoms with Gasteiger partial charge in [-0.3, -0.25) is 0 Å². The van der Waals surface area contributed by atoms with Crippen molar-refractivity contribution >= 4 is 5.97 Å². The van der Waals surface area contributed by atoms with Gasteiger partial charge in [-0.05, 0) is 66.7 Å². The van der Waals surface area contributed by atoms with Crippen LogP contribution in [-0.2, 0) is 4.74 Å². The Labute approximate surface area is 175 Å². The molecule has 0 spiro atoms. The van der Waals surface area contributed by atoms with E-state index >= 15 is 0 Å². The van der Waals surface area contributed by atoms with Gasteiger partial charge in [0, 0.05) is 22.3 Å². The monoisotopic (exact) mass is 394 g/mol. The lowest BCUT2D eigenvalue weighted by molar-refractivity contribution is 0.0600. The van der Waals surface area contributed by atoms with E-state index in [4.69, 9.17) is 14.2 Å². The fourth-order valence-corrected chi connectivity index (χ4v) is 2.85. The van der Waals surface area contributed by atoms with Crippen molar-refractivity contribution in [3.63, 3.8) is 0 Å². The first-order valence-electron chi connectivity index (χ1n) is 9.43. The van der Waals surface area contributed by atoms with E-state index < -0.39 is 0 Å². The molecule has 3 aromatic rings. The average Bonchev–Trinajstić information content (AvgIpc) is 2.81. The summed E-state index contributed by atoms with van der Waals surface area (Å²) in [6.45, 7) is 1.13. The van der Waals surface area contributed by atoms with Crippen molar-refractivity contribution in [1.29, 1.82) is 0 Å². The molecule has 0 aliphatic carbocycles. The topological polar surface area (TPSA) is 44.8 Å². The average molecular weight is 394 g/mol. The quantitative estimate of drug-likeness (QED) is 0.462. The van der Waals surface area contributed by atoms with Crippen LogP contribution in [0.4, 0.5) is 0 Å². The highest BCUT2D eigenvalue weighted by Gasteiger charge is 2.10. The van der Waals surface area contributed by atoms with Crippen LogP contribution in [0, 0.1) is 23.7 Å². The maximum Gasteiger partial charge on any atom is 0.337 e. The normalized spacial score (nSPS) is 11.4. The van der Waals surface area contributed by atoms with E-state index in [0.29, 0.717) is 18.8 Å². The maximum absolute atomic E-state index is 11.5. The van der Waals surface area contributed by atoms with E-state index in [1.807, 2.05) is 42.5 Å². The number of fused-ring (bicyclic) bond motifs is 1. The fourth-order valence-electron chi connectivity index (χ4n) is 2.85. The molecule has 0 atom stereocenters. The van der Waals surface area contributed by atoms with Gasteiger partial charge in [0.1, 0.15) is 13.2 Å². The van der Waals surface area contributed by atoms with Crippen LogP contribution in [0.3, 0.4) is 0 Å². The van der Waals surface area contributed by atoms with Crippen molar-refractivity contribution in [2.24, 2.45) is 0 Å². The number of benzene rings is 3. The number of carbonyl (C=O) groups excluding carboxylic acids is 1. The largest absolute Gasteiger partial charge is 0.486 e. The summed E-state index contributed by atoms with van der Waals surface area (Å²) in [6.07, 6.45) is 0. The van der Waals surface area contributed by atoms with Gasteiger partial charge in [0.25, 0.3) is 0 Å². The molecule has 30 heavy (non-hydrogen) atoms. The van der Waals surface area contributed by atoms with Crippen molar-refractivity contribution < 1.29 is 19.0 Å². The summed E-state index contributed by atoms with van der Waals surface area (Å²) in [7, 11) is 1.36. The lowest BCUT2D eigenvalue weighted by Gasteiger charge is -2.17. The molecule has 4 rings (SSSR count). The number of esters is 1. The molecule has 1 aliphatic heterocycles. The standard InChI is InChI=1S/C26H18O4/c1-28-26(27)23-13-10-21(11-14-23)7-6-19-2-4-20(5-3-19)8-9-22-12-15-24-25(18-22)30-17-16-29-24/h2-5,10-15,18H,16-17H2,1H3. The van der Waals surface area contributed by atoms with Crippen LogP contribution in [-0.4, -0.2) is 26.3 Å². The molecular formula is C26H18O4. The molecular weight excluding hydrogens is 376 g/mol. The van der Waals surface area contributed by atoms with Gasteiger partial charge in [0.15, 0.2) is 11.5 Å². The predicted molar refractivity (Wildman–Crippen MR) is 114 cm³/mol. The highest BCUT2D eigenvalue weighted by Crippen LogP contribution is 2.30. The van der Waals surface area contributed by atoms with Gasteiger partial charge in [-0.2, -0.15) is 0 Å². The number of carbonyl (C=O) groups is 1. The zero-order chi connectivity index (χ0) is 20.8. The van der Waals surface area contributed by atoms with Crippen LogP contribution in [0.5, 0.6) is 11.5 Å². The SMILES string of the molecule is COC(=O)c1ccc(C#Cc2ccc(C#Cc3ccc4c(c3)OCCO4)cc2)cc1. The number of hydrogen-bond donors (Lipinski definition) is 0. The first kappa shape index (κ1) is 19.2. The summed E-state index contributed by atoms with van der Waals surface area (Å²) in [4.78, 5) is 11.5. The van der Waals surface area contributed by atoms with Gasteiger partial charge < -0.3 is 14.2 Å². The van der Waals surface area contributed by atoms with Crippen molar-refractivity contribution in [2.75, 3.05) is 20.3 Å². The smallest absolute Gasteiger partial charge is 0.337 e. The predicted octanol–water partition coefficient (Wildman–Crippen LogP) is 4.04. The van der Waals surface area contributed by atoms with Crippen LogP contribution in [0.2, 0.25) is 0 Å². The fraction of sp³-hybridized carbons (Fsp3) is 0.115. The first-order chi connectivity index (χ1) is 14.7. The van der Waals surface area contributed by atoms with Gasteiger partial charge in [0.2, 0.25) is 0 Å². The van der Waals surface area contributed by atoms with E-state index in [1.165, 1.54) is 7.11 Å². The lowest BCUT2D eigenvalue weighted by Crippen LogP contribution is -2.15. The second kappa shape index (κ2) is 8.90. The van der Waals surface area contributed by atoms with E-state index in [2.05, 4.69) is 23.7 Å². The zero-order valence-corrected chi connectivity index (χ0v) is 16.4. The molecule has 0 radical (unpaired) electrons. The highest BCUT2D eigenvalue weighted by molar-refractivity contribution is 5.89. The Kier molecular flexibility index (Phi) is 5.69. The van der Waals surface area contributed by atoms with Gasteiger partial charge in [0.05, 0.1) is 12.7 Å². The summed E-state index contributed by atoms with van der Waals surface area (Å²) in [5.41, 5.74) is 3.99. The van der Waals surface area contributed by atoms with Crippen LogP contribution in [0.1, 0.15) is 32.6 Å². The number of ether oxygens (including phenoxy) is 3. The molecule has 1 aliphatic rings. The third-order valence-electron chi connectivity index (χ3n) is 4.44. The summed E-state index contributed by atoms with van der Waals surface area (Å²) in [6, 6.07) is 20.4. The van der Waals surface area contributed by atoms with Crippen LogP contribution in [0.25, 0.3) is 0 Å². The molecule has 0 unspecified atom stereocenters. The van der Waals surface area contributed by atoms with Crippen molar-refractivity contribution in [3.05, 3.63) is 94.5 Å². The Hall–Kier alpha value is -4.15. The molecule has 4 heteroatoms. The van der Waals surface area contributed by atoms with E-state index in [-0.39, 0.29) is 5.97 Å². The molecule has 3 aromatic carbocycles. The molecule has 146 valence electrons. The summed E-state index contributed by atoms with van der Waals surface area (Å²) in [5, 5.41) is 0. The van der Waals surface area contributed by atoms with Crippen molar-refractivity contribution in [3.8, 4) is 35.2 Å². The maximum atomic E-state index is 11.5. The molecule has 0 bridgehead atoms. The van der Waals surface area contributed by atoms with Crippen LogP contribution < -0.4 is 9.47 Å². The second-order valence-corrected chi connectivity index (χ2v) is 6.50. The second-order valence-electron chi connectivity index (χ2n) is 6.50. The van der Waals surface area contributed by atoms with Crippen LogP contribution >= 0.6 is 0 Å². The van der Waals surface area contributed by atoms with Crippen molar-refractivity contribution in [2.45, 2.75) is 0 Å². The molecule has 0 aromatic heterocycles. The van der Waals surface area contributed by atoms with Gasteiger partial charge in [-0.1, -0.05) is 23.7 Å². The van der Waals surface area contributed by atoms with Gasteiger partial charge in [-0.25, -0.2) is 4.79 Å². The molecule has 1 heterocycles. The number of rotatable bonds is 1. The molecule has 0 saturated heterocycles.